The van der Waals surface area contributed by atoms with Crippen LogP contribution in [0.1, 0.15) is 25.5 Å². The minimum absolute atomic E-state index is 0.143. The number of carboxylic acid groups (broad SMARTS) is 1. The minimum Gasteiger partial charge on any atom is -0.465 e. The molecule has 0 spiro atoms. The molecule has 0 saturated carbocycles. The molecule has 1 saturated heterocycles. The normalized spacial score (nSPS) is 25.6. The molecule has 2 amide bonds. The second-order valence-electron chi connectivity index (χ2n) is 5.01. The summed E-state index contributed by atoms with van der Waals surface area (Å²) in [5.41, 5.74) is 0.133. The van der Waals surface area contributed by atoms with Gasteiger partial charge in [-0.3, -0.25) is 4.79 Å². The monoisotopic (exact) mass is 248 g/mol. The second kappa shape index (κ2) is 4.33. The lowest BCUT2D eigenvalue weighted by Crippen LogP contribution is -2.45. The number of rotatable bonds is 2. The maximum atomic E-state index is 11.9. The molecule has 18 heavy (non-hydrogen) atoms. The fraction of sp³-hybridized carbons (Fsp3) is 0.385. The van der Waals surface area contributed by atoms with Crippen LogP contribution in [0, 0.1) is 5.41 Å². The molecule has 1 aliphatic heterocycles. The van der Waals surface area contributed by atoms with Crippen molar-refractivity contribution in [1.82, 2.24) is 10.6 Å². The maximum Gasteiger partial charge on any atom is 0.404 e. The number of benzene rings is 1. The highest BCUT2D eigenvalue weighted by Crippen LogP contribution is 2.37. The molecule has 1 heterocycles. The molecule has 1 aromatic carbocycles. The van der Waals surface area contributed by atoms with Crippen LogP contribution in [0.25, 0.3) is 0 Å². The Hall–Kier alpha value is -2.04. The van der Waals surface area contributed by atoms with Crippen LogP contribution in [-0.2, 0) is 4.79 Å². The zero-order valence-corrected chi connectivity index (χ0v) is 10.3. The predicted molar refractivity (Wildman–Crippen MR) is 66.1 cm³/mol. The molecule has 1 aromatic rings. The highest BCUT2D eigenvalue weighted by atomic mass is 16.4. The average Bonchev–Trinajstić information content (AvgIpc) is 2.54. The van der Waals surface area contributed by atoms with Crippen molar-refractivity contribution < 1.29 is 14.7 Å². The van der Waals surface area contributed by atoms with Gasteiger partial charge in [-0.05, 0) is 19.4 Å². The van der Waals surface area contributed by atoms with Gasteiger partial charge in [0, 0.05) is 0 Å². The molecule has 1 aliphatic rings. The third-order valence-electron chi connectivity index (χ3n) is 3.42. The predicted octanol–water partition coefficient (Wildman–Crippen LogP) is 1.52. The number of hydrogen-bond donors (Lipinski definition) is 3. The van der Waals surface area contributed by atoms with Crippen LogP contribution in [0.4, 0.5) is 4.79 Å². The summed E-state index contributed by atoms with van der Waals surface area (Å²) in [4.78, 5) is 22.8. The van der Waals surface area contributed by atoms with Gasteiger partial charge in [-0.1, -0.05) is 30.3 Å². The van der Waals surface area contributed by atoms with Gasteiger partial charge in [0.05, 0.1) is 17.5 Å². The molecule has 0 aliphatic carbocycles. The third kappa shape index (κ3) is 2.03. The van der Waals surface area contributed by atoms with Crippen molar-refractivity contribution in [3.05, 3.63) is 35.9 Å². The molecule has 0 radical (unpaired) electrons. The van der Waals surface area contributed by atoms with E-state index in [2.05, 4.69) is 10.6 Å². The molecule has 2 rings (SSSR count). The van der Waals surface area contributed by atoms with Gasteiger partial charge in [-0.2, -0.15) is 0 Å². The molecule has 5 nitrogen and oxygen atoms in total. The van der Waals surface area contributed by atoms with Gasteiger partial charge in [0.25, 0.3) is 0 Å². The van der Waals surface area contributed by atoms with Gasteiger partial charge in [0.2, 0.25) is 5.91 Å². The van der Waals surface area contributed by atoms with E-state index in [-0.39, 0.29) is 11.9 Å². The highest BCUT2D eigenvalue weighted by molar-refractivity contribution is 5.87. The molecular weight excluding hydrogens is 232 g/mol. The Morgan fingerprint density at radius 3 is 2.50 bits per heavy atom. The van der Waals surface area contributed by atoms with E-state index in [1.165, 1.54) is 0 Å². The lowest BCUT2D eigenvalue weighted by atomic mass is 9.82. The molecule has 0 unspecified atom stereocenters. The van der Waals surface area contributed by atoms with Crippen molar-refractivity contribution in [2.75, 3.05) is 0 Å². The van der Waals surface area contributed by atoms with Gasteiger partial charge < -0.3 is 15.7 Å². The first kappa shape index (κ1) is 12.4. The summed E-state index contributed by atoms with van der Waals surface area (Å²) in [5, 5.41) is 14.2. The second-order valence-corrected chi connectivity index (χ2v) is 5.01. The Balaban J connectivity index is 2.35. The quantitative estimate of drug-likeness (QED) is 0.742. The summed E-state index contributed by atoms with van der Waals surface area (Å²) in [6.45, 7) is 3.48. The molecular formula is C13H16N2O3. The fourth-order valence-electron chi connectivity index (χ4n) is 2.30. The number of carbonyl (C=O) groups excluding carboxylic acids is 1. The standard InChI is InChI=1S/C13H16N2O3/c1-13(2)10(15-12(17)18)9(14-11(13)16)8-6-4-3-5-7-8/h3-7,9-10,15H,1-2H3,(H,14,16)(H,17,18)/t9-,10-/m1/s1. The van der Waals surface area contributed by atoms with Crippen LogP contribution >= 0.6 is 0 Å². The van der Waals surface area contributed by atoms with E-state index < -0.39 is 17.6 Å². The van der Waals surface area contributed by atoms with Crippen LogP contribution in [0.5, 0.6) is 0 Å². The van der Waals surface area contributed by atoms with Gasteiger partial charge in [0.1, 0.15) is 0 Å². The molecule has 0 bridgehead atoms. The largest absolute Gasteiger partial charge is 0.465 e. The Kier molecular flexibility index (Phi) is 2.98. The van der Waals surface area contributed by atoms with E-state index >= 15 is 0 Å². The minimum atomic E-state index is -1.12. The lowest BCUT2D eigenvalue weighted by Gasteiger charge is -2.27. The summed E-state index contributed by atoms with van der Waals surface area (Å²) in [6, 6.07) is 8.56. The summed E-state index contributed by atoms with van der Waals surface area (Å²) in [6.07, 6.45) is -1.12. The van der Waals surface area contributed by atoms with Crippen molar-refractivity contribution in [3.8, 4) is 0 Å². The Morgan fingerprint density at radius 2 is 1.94 bits per heavy atom. The van der Waals surface area contributed by atoms with Gasteiger partial charge in [0.15, 0.2) is 0 Å². The Labute approximate surface area is 105 Å². The zero-order chi connectivity index (χ0) is 13.3. The van der Waals surface area contributed by atoms with E-state index in [1.54, 1.807) is 13.8 Å². The van der Waals surface area contributed by atoms with E-state index in [0.717, 1.165) is 5.56 Å². The Bertz CT molecular complexity index is 470. The van der Waals surface area contributed by atoms with E-state index in [9.17, 15) is 9.59 Å². The molecule has 3 N–H and O–H groups in total. The van der Waals surface area contributed by atoms with Crippen molar-refractivity contribution in [2.45, 2.75) is 25.9 Å². The highest BCUT2D eigenvalue weighted by Gasteiger charge is 2.49. The van der Waals surface area contributed by atoms with E-state index in [4.69, 9.17) is 5.11 Å². The fourth-order valence-corrected chi connectivity index (χ4v) is 2.30. The summed E-state index contributed by atoms with van der Waals surface area (Å²) < 4.78 is 0. The van der Waals surface area contributed by atoms with Crippen molar-refractivity contribution in [3.63, 3.8) is 0 Å². The lowest BCUT2D eigenvalue weighted by molar-refractivity contribution is -0.126. The van der Waals surface area contributed by atoms with Crippen LogP contribution in [0.3, 0.4) is 0 Å². The molecule has 2 atom stereocenters. The third-order valence-corrected chi connectivity index (χ3v) is 3.42. The van der Waals surface area contributed by atoms with Crippen molar-refractivity contribution >= 4 is 12.0 Å². The smallest absolute Gasteiger partial charge is 0.404 e. The van der Waals surface area contributed by atoms with E-state index in [1.807, 2.05) is 30.3 Å². The molecule has 96 valence electrons. The first-order valence-electron chi connectivity index (χ1n) is 5.78. The molecule has 1 fully saturated rings. The van der Waals surface area contributed by atoms with Crippen LogP contribution < -0.4 is 10.6 Å². The summed E-state index contributed by atoms with van der Waals surface area (Å²) >= 11 is 0. The summed E-state index contributed by atoms with van der Waals surface area (Å²) in [5.74, 6) is -0.143. The van der Waals surface area contributed by atoms with Crippen molar-refractivity contribution in [2.24, 2.45) is 5.41 Å². The van der Waals surface area contributed by atoms with Crippen LogP contribution in [-0.4, -0.2) is 23.1 Å². The topological polar surface area (TPSA) is 78.4 Å². The van der Waals surface area contributed by atoms with Crippen LogP contribution in [0.15, 0.2) is 30.3 Å². The maximum absolute atomic E-state index is 11.9. The van der Waals surface area contributed by atoms with Crippen molar-refractivity contribution in [1.29, 1.82) is 0 Å². The molecule has 5 heteroatoms. The van der Waals surface area contributed by atoms with Gasteiger partial charge in [-0.25, -0.2) is 4.79 Å². The number of amides is 2. The SMILES string of the molecule is CC1(C)C(=O)N[C@H](c2ccccc2)[C@H]1NC(=O)O. The summed E-state index contributed by atoms with van der Waals surface area (Å²) in [7, 11) is 0. The molecule has 0 aromatic heterocycles. The first-order chi connectivity index (χ1) is 8.43. The number of nitrogens with one attached hydrogen (secondary N) is 2. The number of carbonyl (C=O) groups is 2. The van der Waals surface area contributed by atoms with Crippen LogP contribution in [0.2, 0.25) is 0 Å². The van der Waals surface area contributed by atoms with Gasteiger partial charge in [-0.15, -0.1) is 0 Å². The van der Waals surface area contributed by atoms with E-state index in [0.29, 0.717) is 0 Å². The number of hydrogen-bond acceptors (Lipinski definition) is 2. The first-order valence-corrected chi connectivity index (χ1v) is 5.78. The zero-order valence-electron chi connectivity index (χ0n) is 10.3. The van der Waals surface area contributed by atoms with Gasteiger partial charge >= 0.3 is 6.09 Å². The average molecular weight is 248 g/mol. The Morgan fingerprint density at radius 1 is 1.33 bits per heavy atom.